The van der Waals surface area contributed by atoms with E-state index in [0.717, 1.165) is 36.5 Å². The van der Waals surface area contributed by atoms with E-state index in [4.69, 9.17) is 0 Å². The molecule has 4 rings (SSSR count). The molecule has 0 saturated carbocycles. The van der Waals surface area contributed by atoms with Gasteiger partial charge in [0.1, 0.15) is 11.8 Å². The Bertz CT molecular complexity index is 1840. The number of carbonyl (C=O) groups excluding carboxylic acids is 2. The Labute approximate surface area is 232 Å². The average Bonchev–Trinajstić information content (AvgIpc) is 2.98. The summed E-state index contributed by atoms with van der Waals surface area (Å²) in [7, 11) is 0. The number of rotatable bonds is 9. The van der Waals surface area contributed by atoms with Crippen molar-refractivity contribution in [1.82, 2.24) is 20.4 Å². The number of nitrogens with one attached hydrogen (secondary N) is 2. The number of pyridine rings is 1. The Hall–Kier alpha value is -6.77. The Morgan fingerprint density at radius 3 is 2.24 bits per heavy atom. The fourth-order valence-electron chi connectivity index (χ4n) is 3.56. The van der Waals surface area contributed by atoms with E-state index in [1.165, 1.54) is 30.6 Å². The highest BCUT2D eigenvalue weighted by molar-refractivity contribution is 6.44. The van der Waals surface area contributed by atoms with Crippen LogP contribution in [0.25, 0.3) is 11.0 Å². The third kappa shape index (κ3) is 6.10. The molecule has 2 heterocycles. The molecule has 0 radical (unpaired) electrons. The first-order valence-electron chi connectivity index (χ1n) is 11.4. The van der Waals surface area contributed by atoms with Crippen LogP contribution < -0.4 is 10.7 Å². The van der Waals surface area contributed by atoms with Crippen molar-refractivity contribution in [2.75, 3.05) is 5.32 Å². The highest BCUT2D eigenvalue weighted by atomic mass is 16.6. The molecule has 1 atom stereocenters. The molecule has 0 aliphatic heterocycles. The van der Waals surface area contributed by atoms with E-state index in [1.54, 1.807) is 6.07 Å². The summed E-state index contributed by atoms with van der Waals surface area (Å²) in [5.74, 6) is -2.14. The third-order valence-electron chi connectivity index (χ3n) is 5.54. The average molecular weight is 570 g/mol. The molecular weight excluding hydrogens is 556 g/mol. The van der Waals surface area contributed by atoms with Crippen molar-refractivity contribution in [2.24, 2.45) is 5.10 Å². The molecule has 0 aliphatic rings. The smallest absolute Gasteiger partial charge is 0.304 e. The lowest BCUT2D eigenvalue weighted by Gasteiger charge is -2.13. The van der Waals surface area contributed by atoms with E-state index in [-0.39, 0.29) is 33.5 Å². The molecule has 0 bridgehead atoms. The van der Waals surface area contributed by atoms with Crippen LogP contribution in [-0.4, -0.2) is 47.2 Å². The zero-order valence-corrected chi connectivity index (χ0v) is 20.8. The van der Waals surface area contributed by atoms with Gasteiger partial charge in [0.15, 0.2) is 0 Å². The van der Waals surface area contributed by atoms with Crippen LogP contribution in [0.15, 0.2) is 72.2 Å². The van der Waals surface area contributed by atoms with Gasteiger partial charge in [-0.05, 0) is 24.3 Å². The monoisotopic (exact) mass is 570 g/mol. The molecule has 0 fully saturated rings. The summed E-state index contributed by atoms with van der Waals surface area (Å²) in [6, 6.07) is 8.50. The van der Waals surface area contributed by atoms with Crippen LogP contribution in [0.5, 0.6) is 0 Å². The van der Waals surface area contributed by atoms with Crippen molar-refractivity contribution in [1.29, 1.82) is 5.26 Å². The maximum absolute atomic E-state index is 13.4. The number of anilines is 1. The van der Waals surface area contributed by atoms with Crippen LogP contribution in [0.4, 0.5) is 17.1 Å². The number of fused-ring (bicyclic) bond motifs is 1. The Morgan fingerprint density at radius 2 is 1.60 bits per heavy atom. The number of nitro groups is 3. The van der Waals surface area contributed by atoms with Crippen LogP contribution in [0.1, 0.15) is 27.7 Å². The first kappa shape index (κ1) is 28.2. The van der Waals surface area contributed by atoms with Gasteiger partial charge in [-0.1, -0.05) is 0 Å². The van der Waals surface area contributed by atoms with Gasteiger partial charge < -0.3 is 5.32 Å². The van der Waals surface area contributed by atoms with E-state index in [1.807, 2.05) is 5.43 Å². The zero-order valence-electron chi connectivity index (χ0n) is 20.8. The van der Waals surface area contributed by atoms with E-state index in [9.17, 15) is 45.2 Å². The summed E-state index contributed by atoms with van der Waals surface area (Å²) in [5, 5.41) is 49.9. The minimum atomic E-state index is -2.18. The number of hydrazone groups is 1. The van der Waals surface area contributed by atoms with Gasteiger partial charge in [0.05, 0.1) is 38.3 Å². The molecule has 0 saturated heterocycles. The minimum absolute atomic E-state index is 0.0473. The highest BCUT2D eigenvalue weighted by Gasteiger charge is 2.37. The fourth-order valence-corrected chi connectivity index (χ4v) is 3.56. The first-order chi connectivity index (χ1) is 20.1. The number of amides is 2. The summed E-state index contributed by atoms with van der Waals surface area (Å²) >= 11 is 0. The van der Waals surface area contributed by atoms with Gasteiger partial charge in [-0.2, -0.15) is 10.4 Å². The fraction of sp³-hybridized carbons (Fsp3) is 0.0417. The second kappa shape index (κ2) is 12.0. The number of aromatic nitrogens is 3. The summed E-state index contributed by atoms with van der Waals surface area (Å²) < 4.78 is 0. The Morgan fingerprint density at radius 1 is 0.929 bits per heavy atom. The number of hydrogen-bond donors (Lipinski definition) is 2. The van der Waals surface area contributed by atoms with E-state index in [0.29, 0.717) is 0 Å². The summed E-state index contributed by atoms with van der Waals surface area (Å²) in [6.07, 6.45) is 3.56. The van der Waals surface area contributed by atoms with Gasteiger partial charge >= 0.3 is 6.04 Å². The van der Waals surface area contributed by atoms with Crippen LogP contribution >= 0.6 is 0 Å². The Kier molecular flexibility index (Phi) is 8.04. The van der Waals surface area contributed by atoms with E-state index >= 15 is 0 Å². The van der Waals surface area contributed by atoms with Crippen LogP contribution in [0.3, 0.4) is 0 Å². The molecule has 18 nitrogen and oxygen atoms in total. The molecule has 42 heavy (non-hydrogen) atoms. The predicted molar refractivity (Wildman–Crippen MR) is 142 cm³/mol. The van der Waals surface area contributed by atoms with E-state index < -0.39 is 49.7 Å². The molecular formula is C24H14N10O8. The van der Waals surface area contributed by atoms with Crippen molar-refractivity contribution < 1.29 is 24.4 Å². The van der Waals surface area contributed by atoms with E-state index in [2.05, 4.69) is 25.4 Å². The summed E-state index contributed by atoms with van der Waals surface area (Å²) in [6.45, 7) is 0. The number of non-ortho nitro benzene ring substituents is 2. The zero-order chi connectivity index (χ0) is 30.4. The normalized spacial score (nSPS) is 11.6. The van der Waals surface area contributed by atoms with Crippen molar-refractivity contribution in [3.63, 3.8) is 0 Å². The van der Waals surface area contributed by atoms with Gasteiger partial charge in [-0.15, -0.1) is 0 Å². The molecule has 2 aromatic carbocycles. The molecule has 0 unspecified atom stereocenters. The number of carbonyl (C=O) groups is 2. The molecule has 0 spiro atoms. The number of nitriles is 1. The lowest BCUT2D eigenvalue weighted by molar-refractivity contribution is -0.509. The van der Waals surface area contributed by atoms with Crippen molar-refractivity contribution in [3.05, 3.63) is 114 Å². The molecule has 2 N–H and O–H groups in total. The summed E-state index contributed by atoms with van der Waals surface area (Å²) in [4.78, 5) is 70.0. The van der Waals surface area contributed by atoms with Crippen LogP contribution in [0.2, 0.25) is 0 Å². The molecule has 2 aromatic heterocycles. The predicted octanol–water partition coefficient (Wildman–Crippen LogP) is 2.46. The number of benzene rings is 2. The lowest BCUT2D eigenvalue weighted by atomic mass is 10.1. The molecule has 208 valence electrons. The van der Waals surface area contributed by atoms with Gasteiger partial charge in [-0.3, -0.25) is 49.9 Å². The standard InChI is InChI=1S/C24H14N10O8/c25-11-14-9-15(32(37)38)1-3-17(14)29-24(36)21(30-31-23(35)13-5-7-26-8-6-13)22(34(41)42)20-12-27-18-4-2-16(33(39)40)10-19(18)28-20/h1-10,12,22H,(H,29,36)(H,31,35)/b30-21+/t22-/m1/s1. The topological polar surface area (TPSA) is 262 Å². The van der Waals surface area contributed by atoms with Crippen molar-refractivity contribution in [2.45, 2.75) is 6.04 Å². The number of nitrogens with zero attached hydrogens (tertiary/aromatic N) is 8. The second-order valence-electron chi connectivity index (χ2n) is 8.14. The molecule has 4 aromatic rings. The largest absolute Gasteiger partial charge is 0.319 e. The number of nitro benzene ring substituents is 2. The van der Waals surface area contributed by atoms with Gasteiger partial charge in [0, 0.05) is 47.1 Å². The minimum Gasteiger partial charge on any atom is -0.319 e. The van der Waals surface area contributed by atoms with Crippen LogP contribution in [0, 0.1) is 41.7 Å². The SMILES string of the molecule is N#Cc1cc([N+](=O)[O-])ccc1NC(=O)/C(=N/NC(=O)c1ccncc1)[C@@H](c1cnc2ccc([N+](=O)[O-])cc2n1)[N+](=O)[O-]. The molecule has 0 aliphatic carbocycles. The van der Waals surface area contributed by atoms with Gasteiger partial charge in [-0.25, -0.2) is 10.4 Å². The van der Waals surface area contributed by atoms with Crippen molar-refractivity contribution in [3.8, 4) is 6.07 Å². The van der Waals surface area contributed by atoms with Gasteiger partial charge in [0.25, 0.3) is 23.2 Å². The quantitative estimate of drug-likeness (QED) is 0.167. The van der Waals surface area contributed by atoms with Gasteiger partial charge in [0.2, 0.25) is 5.71 Å². The first-order valence-corrected chi connectivity index (χ1v) is 11.4. The maximum atomic E-state index is 13.4. The third-order valence-corrected chi connectivity index (χ3v) is 5.54. The highest BCUT2D eigenvalue weighted by Crippen LogP contribution is 2.25. The second-order valence-corrected chi connectivity index (χ2v) is 8.14. The Balaban J connectivity index is 1.80. The molecule has 18 heteroatoms. The lowest BCUT2D eigenvalue weighted by Crippen LogP contribution is -2.36. The van der Waals surface area contributed by atoms with Crippen LogP contribution in [-0.2, 0) is 4.79 Å². The van der Waals surface area contributed by atoms with Crippen molar-refractivity contribution >= 4 is 45.6 Å². The number of hydrogen-bond acceptors (Lipinski definition) is 13. The summed E-state index contributed by atoms with van der Waals surface area (Å²) in [5.41, 5.74) is -0.651. The molecule has 2 amide bonds. The maximum Gasteiger partial charge on any atom is 0.304 e.